The Kier molecular flexibility index (Phi) is 5.68. The Morgan fingerprint density at radius 1 is 1.38 bits per heavy atom. The van der Waals surface area contributed by atoms with E-state index in [1.165, 1.54) is 12.1 Å². The zero-order chi connectivity index (χ0) is 23.0. The SMILES string of the molecule is CCC(=Nc1cnn(C2CN(C)C2)c1)c1c(O)[nH]c2ccc(C(=O)NCC(F)(F)F)cc12. The number of nitrogens with one attached hydrogen (secondary N) is 2. The molecule has 0 unspecified atom stereocenters. The highest BCUT2D eigenvalue weighted by Gasteiger charge is 2.28. The van der Waals surface area contributed by atoms with Gasteiger partial charge >= 0.3 is 6.18 Å². The van der Waals surface area contributed by atoms with Crippen molar-refractivity contribution in [1.82, 2.24) is 25.0 Å². The summed E-state index contributed by atoms with van der Waals surface area (Å²) in [5.74, 6) is -0.973. The molecule has 170 valence electrons. The standard InChI is InChI=1S/C21H23F3N6O2/c1-3-16(27-13-7-26-30(8-13)14-9-29(2)10-14)18-15-6-12(4-5-17(15)28-20(18)32)19(31)25-11-21(22,23)24/h4-8,14,28,32H,3,9-11H2,1-2H3,(H,25,31). The van der Waals surface area contributed by atoms with Crippen LogP contribution in [0.15, 0.2) is 35.6 Å². The van der Waals surface area contributed by atoms with Gasteiger partial charge in [-0.15, -0.1) is 0 Å². The van der Waals surface area contributed by atoms with Crippen molar-refractivity contribution in [2.24, 2.45) is 4.99 Å². The Labute approximate surface area is 181 Å². The fourth-order valence-corrected chi connectivity index (χ4v) is 3.78. The van der Waals surface area contributed by atoms with Crippen LogP contribution in [-0.4, -0.2) is 69.2 Å². The number of nitrogens with zero attached hydrogens (tertiary/aromatic N) is 4. The smallest absolute Gasteiger partial charge is 0.405 e. The zero-order valence-electron chi connectivity index (χ0n) is 17.6. The minimum Gasteiger partial charge on any atom is -0.494 e. The largest absolute Gasteiger partial charge is 0.494 e. The van der Waals surface area contributed by atoms with Gasteiger partial charge in [0.25, 0.3) is 5.91 Å². The molecular formula is C21H23F3N6O2. The number of carbonyl (C=O) groups excluding carboxylic acids is 1. The number of rotatable bonds is 6. The molecule has 0 saturated carbocycles. The van der Waals surface area contributed by atoms with E-state index < -0.39 is 18.6 Å². The van der Waals surface area contributed by atoms with Gasteiger partial charge in [0.05, 0.1) is 29.7 Å². The maximum absolute atomic E-state index is 12.4. The number of aliphatic imine (C=N–C) groups is 1. The van der Waals surface area contributed by atoms with E-state index in [-0.39, 0.29) is 11.4 Å². The molecule has 32 heavy (non-hydrogen) atoms. The van der Waals surface area contributed by atoms with Gasteiger partial charge in [0.2, 0.25) is 0 Å². The summed E-state index contributed by atoms with van der Waals surface area (Å²) in [5, 5.41) is 17.2. The second-order valence-electron chi connectivity index (χ2n) is 7.87. The third kappa shape index (κ3) is 4.47. The molecule has 1 aliphatic heterocycles. The number of alkyl halides is 3. The molecule has 8 nitrogen and oxygen atoms in total. The highest BCUT2D eigenvalue weighted by molar-refractivity contribution is 6.14. The molecule has 0 atom stereocenters. The number of benzene rings is 1. The van der Waals surface area contributed by atoms with Crippen molar-refractivity contribution in [3.63, 3.8) is 0 Å². The van der Waals surface area contributed by atoms with Gasteiger partial charge in [0, 0.05) is 29.6 Å². The minimum atomic E-state index is -4.50. The van der Waals surface area contributed by atoms with E-state index in [0.29, 0.717) is 40.3 Å². The number of aromatic hydroxyl groups is 1. The number of hydrogen-bond acceptors (Lipinski definition) is 5. The maximum atomic E-state index is 12.4. The molecule has 3 aromatic rings. The summed E-state index contributed by atoms with van der Waals surface area (Å²) in [7, 11) is 2.03. The summed E-state index contributed by atoms with van der Waals surface area (Å²) in [4.78, 5) is 21.8. The summed E-state index contributed by atoms with van der Waals surface area (Å²) in [6.45, 7) is 2.28. The first-order valence-corrected chi connectivity index (χ1v) is 10.1. The van der Waals surface area contributed by atoms with Gasteiger partial charge in [-0.05, 0) is 31.7 Å². The minimum absolute atomic E-state index is 0.0550. The van der Waals surface area contributed by atoms with Gasteiger partial charge in [-0.1, -0.05) is 6.92 Å². The van der Waals surface area contributed by atoms with Crippen molar-refractivity contribution in [1.29, 1.82) is 0 Å². The van der Waals surface area contributed by atoms with Crippen LogP contribution in [0.2, 0.25) is 0 Å². The number of fused-ring (bicyclic) bond motifs is 1. The number of amides is 1. The molecule has 0 radical (unpaired) electrons. The van der Waals surface area contributed by atoms with Crippen LogP contribution in [0.5, 0.6) is 5.88 Å². The van der Waals surface area contributed by atoms with Crippen molar-refractivity contribution in [2.75, 3.05) is 26.7 Å². The van der Waals surface area contributed by atoms with Crippen LogP contribution in [-0.2, 0) is 0 Å². The van der Waals surface area contributed by atoms with Crippen LogP contribution in [0.25, 0.3) is 10.9 Å². The van der Waals surface area contributed by atoms with Crippen molar-refractivity contribution in [3.05, 3.63) is 41.7 Å². The van der Waals surface area contributed by atoms with Gasteiger partial charge < -0.3 is 20.3 Å². The van der Waals surface area contributed by atoms with Crippen molar-refractivity contribution in [2.45, 2.75) is 25.6 Å². The monoisotopic (exact) mass is 448 g/mol. The van der Waals surface area contributed by atoms with E-state index in [2.05, 4.69) is 20.0 Å². The Bertz CT molecular complexity index is 1170. The first-order chi connectivity index (χ1) is 15.1. The lowest BCUT2D eigenvalue weighted by atomic mass is 10.0. The van der Waals surface area contributed by atoms with Crippen LogP contribution in [0.3, 0.4) is 0 Å². The highest BCUT2D eigenvalue weighted by Crippen LogP contribution is 2.31. The molecule has 1 aliphatic rings. The Morgan fingerprint density at radius 3 is 2.78 bits per heavy atom. The van der Waals surface area contributed by atoms with Crippen LogP contribution >= 0.6 is 0 Å². The first kappa shape index (κ1) is 21.9. The van der Waals surface area contributed by atoms with E-state index in [1.54, 1.807) is 12.3 Å². The number of carbonyl (C=O) groups is 1. The quantitative estimate of drug-likeness (QED) is 0.504. The molecule has 4 rings (SSSR count). The lowest BCUT2D eigenvalue weighted by molar-refractivity contribution is -0.123. The Balaban J connectivity index is 1.65. The summed E-state index contributed by atoms with van der Waals surface area (Å²) < 4.78 is 39.2. The topological polar surface area (TPSA) is 98.5 Å². The molecule has 1 aromatic carbocycles. The molecule has 0 bridgehead atoms. The molecule has 0 spiro atoms. The molecule has 3 heterocycles. The lowest BCUT2D eigenvalue weighted by Gasteiger charge is -2.35. The number of likely N-dealkylation sites (N-methyl/N-ethyl adjacent to an activating group) is 1. The van der Waals surface area contributed by atoms with Gasteiger partial charge in [-0.25, -0.2) is 4.99 Å². The molecule has 1 amide bonds. The molecular weight excluding hydrogens is 425 g/mol. The number of likely N-dealkylation sites (tertiary alicyclic amines) is 1. The summed E-state index contributed by atoms with van der Waals surface area (Å²) in [6, 6.07) is 4.69. The fourth-order valence-electron chi connectivity index (χ4n) is 3.78. The first-order valence-electron chi connectivity index (χ1n) is 10.1. The third-order valence-electron chi connectivity index (χ3n) is 5.38. The van der Waals surface area contributed by atoms with Gasteiger partial charge in [-0.2, -0.15) is 18.3 Å². The van der Waals surface area contributed by atoms with Gasteiger partial charge in [-0.3, -0.25) is 9.48 Å². The second kappa shape index (κ2) is 8.30. The van der Waals surface area contributed by atoms with E-state index in [1.807, 2.05) is 30.2 Å². The average Bonchev–Trinajstić information content (AvgIpc) is 3.30. The van der Waals surface area contributed by atoms with E-state index >= 15 is 0 Å². The molecule has 1 saturated heterocycles. The summed E-state index contributed by atoms with van der Waals surface area (Å²) in [5.41, 5.74) is 2.19. The normalized spacial score (nSPS) is 15.8. The van der Waals surface area contributed by atoms with Crippen LogP contribution < -0.4 is 5.32 Å². The number of aromatic amines is 1. The molecule has 2 aromatic heterocycles. The second-order valence-corrected chi connectivity index (χ2v) is 7.87. The van der Waals surface area contributed by atoms with Crippen LogP contribution in [0.1, 0.15) is 35.3 Å². The van der Waals surface area contributed by atoms with E-state index in [0.717, 1.165) is 13.1 Å². The van der Waals surface area contributed by atoms with Crippen molar-refractivity contribution < 1.29 is 23.1 Å². The molecule has 0 aliphatic carbocycles. The van der Waals surface area contributed by atoms with Gasteiger partial charge in [0.15, 0.2) is 5.88 Å². The molecule has 11 heteroatoms. The van der Waals surface area contributed by atoms with Crippen LogP contribution in [0.4, 0.5) is 18.9 Å². The maximum Gasteiger partial charge on any atom is 0.405 e. The number of aromatic nitrogens is 3. The zero-order valence-corrected chi connectivity index (χ0v) is 17.6. The van der Waals surface area contributed by atoms with E-state index in [4.69, 9.17) is 0 Å². The predicted molar refractivity (Wildman–Crippen MR) is 114 cm³/mol. The summed E-state index contributed by atoms with van der Waals surface area (Å²) in [6.07, 6.45) is -0.536. The number of halogens is 3. The van der Waals surface area contributed by atoms with Crippen molar-refractivity contribution in [3.8, 4) is 5.88 Å². The van der Waals surface area contributed by atoms with Crippen LogP contribution in [0, 0.1) is 0 Å². The average molecular weight is 448 g/mol. The van der Waals surface area contributed by atoms with Gasteiger partial charge in [0.1, 0.15) is 12.2 Å². The molecule has 1 fully saturated rings. The number of H-pyrrole nitrogens is 1. The Morgan fingerprint density at radius 2 is 2.12 bits per heavy atom. The van der Waals surface area contributed by atoms with Crippen molar-refractivity contribution >= 4 is 28.2 Å². The molecule has 3 N–H and O–H groups in total. The van der Waals surface area contributed by atoms with E-state index in [9.17, 15) is 23.1 Å². The highest BCUT2D eigenvalue weighted by atomic mass is 19.4. The lowest BCUT2D eigenvalue weighted by Crippen LogP contribution is -2.44. The third-order valence-corrected chi connectivity index (χ3v) is 5.38. The fraction of sp³-hybridized carbons (Fsp3) is 0.381. The number of hydrogen-bond donors (Lipinski definition) is 3. The predicted octanol–water partition coefficient (Wildman–Crippen LogP) is 3.38. The summed E-state index contributed by atoms with van der Waals surface area (Å²) >= 11 is 0. The Hall–Kier alpha value is -3.34.